The van der Waals surface area contributed by atoms with Crippen LogP contribution in [0.5, 0.6) is 0 Å². The summed E-state index contributed by atoms with van der Waals surface area (Å²) in [5.41, 5.74) is 0.642. The van der Waals surface area contributed by atoms with E-state index in [1.165, 1.54) is 11.3 Å². The van der Waals surface area contributed by atoms with Crippen LogP contribution in [0.3, 0.4) is 0 Å². The van der Waals surface area contributed by atoms with E-state index in [9.17, 15) is 9.59 Å². The zero-order chi connectivity index (χ0) is 15.3. The number of thiazole rings is 1. The van der Waals surface area contributed by atoms with Gasteiger partial charge in [0, 0.05) is 17.2 Å². The fourth-order valence-corrected chi connectivity index (χ4v) is 3.66. The number of aryl methyl sites for hydroxylation is 1. The molecule has 0 atom stereocenters. The Bertz CT molecular complexity index is 507. The summed E-state index contributed by atoms with van der Waals surface area (Å²) in [6.45, 7) is 2.07. The molecule has 116 valence electrons. The van der Waals surface area contributed by atoms with Crippen molar-refractivity contribution in [2.45, 2.75) is 58.3 Å². The first kappa shape index (κ1) is 15.9. The molecule has 1 amide bonds. The van der Waals surface area contributed by atoms with E-state index in [1.54, 1.807) is 0 Å². The highest BCUT2D eigenvalue weighted by Gasteiger charge is 2.39. The van der Waals surface area contributed by atoms with Crippen LogP contribution in [-0.4, -0.2) is 22.0 Å². The van der Waals surface area contributed by atoms with E-state index >= 15 is 0 Å². The van der Waals surface area contributed by atoms with Crippen molar-refractivity contribution < 1.29 is 14.7 Å². The molecule has 1 fully saturated rings. The Morgan fingerprint density at radius 2 is 2.14 bits per heavy atom. The highest BCUT2D eigenvalue weighted by molar-refractivity contribution is 7.13. The molecule has 5 nitrogen and oxygen atoms in total. The number of carbonyl (C=O) groups excluding carboxylic acids is 1. The van der Waals surface area contributed by atoms with Gasteiger partial charge in [0.15, 0.2) is 5.13 Å². The number of rotatable bonds is 7. The molecule has 1 aliphatic rings. The molecule has 1 aliphatic carbocycles. The number of anilines is 1. The van der Waals surface area contributed by atoms with Crippen molar-refractivity contribution in [1.29, 1.82) is 0 Å². The van der Waals surface area contributed by atoms with E-state index in [0.29, 0.717) is 18.0 Å². The molecule has 1 aromatic heterocycles. The third-order valence-electron chi connectivity index (χ3n) is 4.31. The Hall–Kier alpha value is -1.43. The standard InChI is InChI=1S/C15H22N2O3S/c1-2-15(8-3-4-9-15)13(20)17-14-16-11(10-21-14)6-5-7-12(18)19/h10H,2-9H2,1H3,(H,18,19)(H,16,17,20). The molecule has 2 rings (SSSR count). The molecule has 1 heterocycles. The topological polar surface area (TPSA) is 79.3 Å². The van der Waals surface area contributed by atoms with Crippen LogP contribution in [0.1, 0.15) is 57.6 Å². The van der Waals surface area contributed by atoms with Crippen LogP contribution >= 0.6 is 11.3 Å². The van der Waals surface area contributed by atoms with Crippen LogP contribution < -0.4 is 5.32 Å². The van der Waals surface area contributed by atoms with Gasteiger partial charge in [0.05, 0.1) is 5.69 Å². The van der Waals surface area contributed by atoms with Gasteiger partial charge in [-0.3, -0.25) is 9.59 Å². The number of hydrogen-bond donors (Lipinski definition) is 2. The molecule has 0 bridgehead atoms. The zero-order valence-electron chi connectivity index (χ0n) is 12.4. The third-order valence-corrected chi connectivity index (χ3v) is 5.12. The van der Waals surface area contributed by atoms with Crippen LogP contribution in [0.25, 0.3) is 0 Å². The van der Waals surface area contributed by atoms with Gasteiger partial charge in [-0.1, -0.05) is 19.8 Å². The molecule has 6 heteroatoms. The summed E-state index contributed by atoms with van der Waals surface area (Å²) in [6.07, 6.45) is 6.41. The first-order valence-electron chi connectivity index (χ1n) is 7.53. The zero-order valence-corrected chi connectivity index (χ0v) is 13.2. The minimum absolute atomic E-state index is 0.0916. The van der Waals surface area contributed by atoms with Gasteiger partial charge in [0.1, 0.15) is 0 Å². The lowest BCUT2D eigenvalue weighted by Crippen LogP contribution is -2.33. The molecule has 1 saturated carbocycles. The monoisotopic (exact) mass is 310 g/mol. The first-order valence-corrected chi connectivity index (χ1v) is 8.41. The SMILES string of the molecule is CCC1(C(=O)Nc2nc(CCCC(=O)O)cs2)CCCC1. The number of carbonyl (C=O) groups is 2. The second-order valence-corrected chi connectivity index (χ2v) is 6.54. The van der Waals surface area contributed by atoms with E-state index < -0.39 is 5.97 Å². The van der Waals surface area contributed by atoms with Gasteiger partial charge in [-0.05, 0) is 32.1 Å². The molecule has 0 saturated heterocycles. The highest BCUT2D eigenvalue weighted by Crippen LogP contribution is 2.42. The van der Waals surface area contributed by atoms with Gasteiger partial charge in [-0.2, -0.15) is 0 Å². The lowest BCUT2D eigenvalue weighted by atomic mass is 9.82. The number of aliphatic carboxylic acids is 1. The smallest absolute Gasteiger partial charge is 0.303 e. The molecule has 1 aromatic rings. The van der Waals surface area contributed by atoms with Crippen LogP contribution in [0.2, 0.25) is 0 Å². The molecule has 0 unspecified atom stereocenters. The van der Waals surface area contributed by atoms with E-state index in [4.69, 9.17) is 5.11 Å². The highest BCUT2D eigenvalue weighted by atomic mass is 32.1. The first-order chi connectivity index (χ1) is 10.1. The summed E-state index contributed by atoms with van der Waals surface area (Å²) >= 11 is 1.41. The van der Waals surface area contributed by atoms with E-state index in [0.717, 1.165) is 37.8 Å². The Kier molecular flexibility index (Phi) is 5.33. The van der Waals surface area contributed by atoms with E-state index in [2.05, 4.69) is 17.2 Å². The van der Waals surface area contributed by atoms with Crippen molar-refractivity contribution in [3.8, 4) is 0 Å². The fourth-order valence-electron chi connectivity index (χ4n) is 2.92. The molecule has 0 radical (unpaired) electrons. The number of carboxylic acid groups (broad SMARTS) is 1. The number of nitrogens with zero attached hydrogens (tertiary/aromatic N) is 1. The van der Waals surface area contributed by atoms with E-state index in [-0.39, 0.29) is 17.7 Å². The van der Waals surface area contributed by atoms with Crippen LogP contribution in [0.4, 0.5) is 5.13 Å². The second-order valence-electron chi connectivity index (χ2n) is 5.69. The van der Waals surface area contributed by atoms with Crippen LogP contribution in [0, 0.1) is 5.41 Å². The maximum absolute atomic E-state index is 12.5. The average molecular weight is 310 g/mol. The molecule has 0 spiro atoms. The predicted octanol–water partition coefficient (Wildman–Crippen LogP) is 3.46. The molecule has 2 N–H and O–H groups in total. The lowest BCUT2D eigenvalue weighted by molar-refractivity contribution is -0.137. The summed E-state index contributed by atoms with van der Waals surface area (Å²) in [4.78, 5) is 27.3. The Labute approximate surface area is 128 Å². The molecule has 21 heavy (non-hydrogen) atoms. The largest absolute Gasteiger partial charge is 0.481 e. The van der Waals surface area contributed by atoms with Gasteiger partial charge in [-0.15, -0.1) is 11.3 Å². The summed E-state index contributed by atoms with van der Waals surface area (Å²) in [7, 11) is 0. The maximum atomic E-state index is 12.5. The molecular weight excluding hydrogens is 288 g/mol. The minimum Gasteiger partial charge on any atom is -0.481 e. The minimum atomic E-state index is -0.787. The number of aromatic nitrogens is 1. The Morgan fingerprint density at radius 1 is 1.43 bits per heavy atom. The Balaban J connectivity index is 1.89. The average Bonchev–Trinajstić information content (AvgIpc) is 3.08. The number of amides is 1. The van der Waals surface area contributed by atoms with Gasteiger partial charge in [-0.25, -0.2) is 4.98 Å². The van der Waals surface area contributed by atoms with Gasteiger partial charge < -0.3 is 10.4 Å². The van der Waals surface area contributed by atoms with Crippen LogP contribution in [0.15, 0.2) is 5.38 Å². The van der Waals surface area contributed by atoms with Gasteiger partial charge >= 0.3 is 5.97 Å². The van der Waals surface area contributed by atoms with Crippen molar-refractivity contribution >= 4 is 28.3 Å². The molecule has 0 aliphatic heterocycles. The summed E-state index contributed by atoms with van der Waals surface area (Å²) in [6, 6.07) is 0. The molecule has 0 aromatic carbocycles. The second kappa shape index (κ2) is 7.02. The third kappa shape index (κ3) is 4.03. The fraction of sp³-hybridized carbons (Fsp3) is 0.667. The van der Waals surface area contributed by atoms with Crippen molar-refractivity contribution in [3.05, 3.63) is 11.1 Å². The lowest BCUT2D eigenvalue weighted by Gasteiger charge is -2.25. The Morgan fingerprint density at radius 3 is 2.76 bits per heavy atom. The summed E-state index contributed by atoms with van der Waals surface area (Å²) in [5, 5.41) is 14.1. The van der Waals surface area contributed by atoms with Crippen molar-refractivity contribution in [3.63, 3.8) is 0 Å². The van der Waals surface area contributed by atoms with E-state index in [1.807, 2.05) is 5.38 Å². The van der Waals surface area contributed by atoms with Gasteiger partial charge in [0.25, 0.3) is 0 Å². The van der Waals surface area contributed by atoms with Crippen molar-refractivity contribution in [1.82, 2.24) is 4.98 Å². The van der Waals surface area contributed by atoms with Crippen molar-refractivity contribution in [2.24, 2.45) is 5.41 Å². The van der Waals surface area contributed by atoms with Gasteiger partial charge in [0.2, 0.25) is 5.91 Å². The summed E-state index contributed by atoms with van der Waals surface area (Å²) < 4.78 is 0. The quantitative estimate of drug-likeness (QED) is 0.808. The number of hydrogen-bond acceptors (Lipinski definition) is 4. The maximum Gasteiger partial charge on any atom is 0.303 e. The van der Waals surface area contributed by atoms with Crippen LogP contribution in [-0.2, 0) is 16.0 Å². The van der Waals surface area contributed by atoms with Crippen molar-refractivity contribution in [2.75, 3.05) is 5.32 Å². The normalized spacial score (nSPS) is 16.8. The summed E-state index contributed by atoms with van der Waals surface area (Å²) in [5.74, 6) is -0.696. The number of nitrogens with one attached hydrogen (secondary N) is 1. The predicted molar refractivity (Wildman–Crippen MR) is 82.5 cm³/mol. The number of carboxylic acids is 1. The molecular formula is C15H22N2O3S.